The zero-order chi connectivity index (χ0) is 13.8. The molecule has 0 saturated heterocycles. The second kappa shape index (κ2) is 5.57. The van der Waals surface area contributed by atoms with E-state index in [-0.39, 0.29) is 4.99 Å². The predicted octanol–water partition coefficient (Wildman–Crippen LogP) is 2.00. The van der Waals surface area contributed by atoms with Gasteiger partial charge in [0.1, 0.15) is 16.6 Å². The summed E-state index contributed by atoms with van der Waals surface area (Å²) in [5.41, 5.74) is 6.69. The van der Waals surface area contributed by atoms with E-state index < -0.39 is 5.82 Å². The molecular weight excluding hydrogens is 267 g/mol. The molecule has 0 unspecified atom stereocenters. The molecule has 3 N–H and O–H groups in total. The quantitative estimate of drug-likeness (QED) is 0.833. The minimum atomic E-state index is -0.392. The second-order valence-corrected chi connectivity index (χ2v) is 4.07. The fourth-order valence-electron chi connectivity index (χ4n) is 1.52. The van der Waals surface area contributed by atoms with E-state index in [2.05, 4.69) is 15.5 Å². The van der Waals surface area contributed by atoms with Crippen LogP contribution in [0.1, 0.15) is 5.56 Å². The molecule has 0 spiro atoms. The Balaban J connectivity index is 2.39. The van der Waals surface area contributed by atoms with Crippen molar-refractivity contribution in [1.29, 1.82) is 0 Å². The van der Waals surface area contributed by atoms with Crippen molar-refractivity contribution in [2.45, 2.75) is 0 Å². The smallest absolute Gasteiger partial charge is 0.163 e. The van der Waals surface area contributed by atoms with Gasteiger partial charge in [-0.3, -0.25) is 0 Å². The Morgan fingerprint density at radius 1 is 1.42 bits per heavy atom. The standard InChI is InChI=1S/C12H11FN4OS/c1-18-10-6-7(13)2-3-9(10)16-12-8(11(14)19)4-5-15-17-12/h2-6H,1H3,(H2,14,19)(H,16,17). The lowest BCUT2D eigenvalue weighted by Gasteiger charge is -2.12. The van der Waals surface area contributed by atoms with Crippen molar-refractivity contribution in [3.8, 4) is 5.75 Å². The van der Waals surface area contributed by atoms with Crippen LogP contribution in [0.4, 0.5) is 15.9 Å². The van der Waals surface area contributed by atoms with Crippen LogP contribution >= 0.6 is 12.2 Å². The number of ether oxygens (including phenoxy) is 1. The molecule has 19 heavy (non-hydrogen) atoms. The van der Waals surface area contributed by atoms with Gasteiger partial charge in [0, 0.05) is 6.07 Å². The highest BCUT2D eigenvalue weighted by Gasteiger charge is 2.10. The fraction of sp³-hybridized carbons (Fsp3) is 0.0833. The Hall–Kier alpha value is -2.28. The molecule has 0 aliphatic heterocycles. The van der Waals surface area contributed by atoms with Crippen molar-refractivity contribution in [3.05, 3.63) is 41.8 Å². The van der Waals surface area contributed by atoms with Gasteiger partial charge in [-0.1, -0.05) is 12.2 Å². The molecule has 0 atom stereocenters. The SMILES string of the molecule is COc1cc(F)ccc1Nc1nnccc1C(N)=S. The van der Waals surface area contributed by atoms with Crippen LogP contribution in [0.25, 0.3) is 0 Å². The van der Waals surface area contributed by atoms with Gasteiger partial charge in [-0.2, -0.15) is 5.10 Å². The number of hydrogen-bond acceptors (Lipinski definition) is 5. The third kappa shape index (κ3) is 2.94. The largest absolute Gasteiger partial charge is 0.494 e. The van der Waals surface area contributed by atoms with E-state index in [0.29, 0.717) is 22.8 Å². The Labute approximate surface area is 114 Å². The van der Waals surface area contributed by atoms with E-state index in [4.69, 9.17) is 22.7 Å². The Bertz CT molecular complexity index is 620. The highest BCUT2D eigenvalue weighted by molar-refractivity contribution is 7.80. The fourth-order valence-corrected chi connectivity index (χ4v) is 1.68. The van der Waals surface area contributed by atoms with E-state index in [1.807, 2.05) is 0 Å². The molecule has 98 valence electrons. The number of rotatable bonds is 4. The molecule has 0 fully saturated rings. The summed E-state index contributed by atoms with van der Waals surface area (Å²) in [7, 11) is 1.45. The molecule has 1 aromatic carbocycles. The number of hydrogen-bond donors (Lipinski definition) is 2. The first-order chi connectivity index (χ1) is 9.11. The Morgan fingerprint density at radius 2 is 2.21 bits per heavy atom. The van der Waals surface area contributed by atoms with E-state index in [1.165, 1.54) is 31.5 Å². The summed E-state index contributed by atoms with van der Waals surface area (Å²) in [5, 5.41) is 10.6. The van der Waals surface area contributed by atoms with Gasteiger partial charge in [0.25, 0.3) is 0 Å². The minimum Gasteiger partial charge on any atom is -0.494 e. The minimum absolute atomic E-state index is 0.193. The maximum absolute atomic E-state index is 13.1. The molecule has 5 nitrogen and oxygen atoms in total. The lowest BCUT2D eigenvalue weighted by molar-refractivity contribution is 0.413. The maximum atomic E-state index is 13.1. The van der Waals surface area contributed by atoms with Crippen molar-refractivity contribution in [1.82, 2.24) is 10.2 Å². The molecule has 7 heteroatoms. The summed E-state index contributed by atoms with van der Waals surface area (Å²) in [6.45, 7) is 0. The van der Waals surface area contributed by atoms with Gasteiger partial charge in [-0.05, 0) is 18.2 Å². The van der Waals surface area contributed by atoms with Gasteiger partial charge in [-0.15, -0.1) is 5.10 Å². The van der Waals surface area contributed by atoms with Crippen molar-refractivity contribution >= 4 is 28.7 Å². The third-order valence-corrected chi connectivity index (χ3v) is 2.62. The number of thiocarbonyl (C=S) groups is 1. The first-order valence-electron chi connectivity index (χ1n) is 5.34. The highest BCUT2D eigenvalue weighted by Crippen LogP contribution is 2.28. The number of aromatic nitrogens is 2. The second-order valence-electron chi connectivity index (χ2n) is 3.63. The lowest BCUT2D eigenvalue weighted by atomic mass is 10.2. The van der Waals surface area contributed by atoms with Crippen molar-refractivity contribution in [3.63, 3.8) is 0 Å². The Kier molecular flexibility index (Phi) is 3.86. The number of anilines is 2. The van der Waals surface area contributed by atoms with Crippen LogP contribution in [-0.2, 0) is 0 Å². The van der Waals surface area contributed by atoms with Crippen molar-refractivity contribution in [2.24, 2.45) is 5.73 Å². The molecule has 0 aliphatic carbocycles. The topological polar surface area (TPSA) is 73.1 Å². The van der Waals surface area contributed by atoms with Gasteiger partial charge < -0.3 is 15.8 Å². The number of nitrogens with one attached hydrogen (secondary N) is 1. The molecular formula is C12H11FN4OS. The number of methoxy groups -OCH3 is 1. The Morgan fingerprint density at radius 3 is 2.89 bits per heavy atom. The first kappa shape index (κ1) is 13.2. The van der Waals surface area contributed by atoms with E-state index >= 15 is 0 Å². The number of nitrogens with two attached hydrogens (primary N) is 1. The summed E-state index contributed by atoms with van der Waals surface area (Å²) in [6.07, 6.45) is 1.49. The van der Waals surface area contributed by atoms with Gasteiger partial charge in [0.2, 0.25) is 0 Å². The molecule has 1 heterocycles. The average molecular weight is 278 g/mol. The lowest BCUT2D eigenvalue weighted by Crippen LogP contribution is -2.13. The first-order valence-corrected chi connectivity index (χ1v) is 5.74. The van der Waals surface area contributed by atoms with Crippen LogP contribution in [-0.4, -0.2) is 22.3 Å². The maximum Gasteiger partial charge on any atom is 0.163 e. The summed E-state index contributed by atoms with van der Waals surface area (Å²) in [6, 6.07) is 5.75. The molecule has 0 amide bonds. The van der Waals surface area contributed by atoms with Gasteiger partial charge in [0.05, 0.1) is 24.6 Å². The summed E-state index contributed by atoms with van der Waals surface area (Å²) < 4.78 is 18.2. The summed E-state index contributed by atoms with van der Waals surface area (Å²) in [5.74, 6) is 0.343. The number of halogens is 1. The molecule has 1 aromatic heterocycles. The van der Waals surface area contributed by atoms with E-state index in [1.54, 1.807) is 6.07 Å². The van der Waals surface area contributed by atoms with Crippen LogP contribution in [0, 0.1) is 5.82 Å². The van der Waals surface area contributed by atoms with Gasteiger partial charge >= 0.3 is 0 Å². The molecule has 0 saturated carbocycles. The molecule has 0 radical (unpaired) electrons. The summed E-state index contributed by atoms with van der Waals surface area (Å²) >= 11 is 4.93. The van der Waals surface area contributed by atoms with Gasteiger partial charge in [0.15, 0.2) is 5.82 Å². The number of nitrogens with zero attached hydrogens (tertiary/aromatic N) is 2. The van der Waals surface area contributed by atoms with Crippen LogP contribution in [0.3, 0.4) is 0 Å². The molecule has 2 rings (SSSR count). The highest BCUT2D eigenvalue weighted by atomic mass is 32.1. The number of benzene rings is 1. The van der Waals surface area contributed by atoms with Crippen LogP contribution in [0.5, 0.6) is 5.75 Å². The van der Waals surface area contributed by atoms with E-state index in [9.17, 15) is 4.39 Å². The van der Waals surface area contributed by atoms with Crippen LogP contribution < -0.4 is 15.8 Å². The zero-order valence-electron chi connectivity index (χ0n) is 10.1. The normalized spacial score (nSPS) is 10.0. The molecule has 0 bridgehead atoms. The average Bonchev–Trinajstić information content (AvgIpc) is 2.41. The van der Waals surface area contributed by atoms with Crippen molar-refractivity contribution < 1.29 is 9.13 Å². The van der Waals surface area contributed by atoms with Crippen LogP contribution in [0.2, 0.25) is 0 Å². The zero-order valence-corrected chi connectivity index (χ0v) is 10.9. The molecule has 2 aromatic rings. The van der Waals surface area contributed by atoms with Gasteiger partial charge in [-0.25, -0.2) is 4.39 Å². The van der Waals surface area contributed by atoms with Crippen LogP contribution in [0.15, 0.2) is 30.5 Å². The van der Waals surface area contributed by atoms with E-state index in [0.717, 1.165) is 0 Å². The molecule has 0 aliphatic rings. The third-order valence-electron chi connectivity index (χ3n) is 2.40. The summed E-state index contributed by atoms with van der Waals surface area (Å²) in [4.78, 5) is 0.193. The monoisotopic (exact) mass is 278 g/mol. The van der Waals surface area contributed by atoms with Crippen molar-refractivity contribution in [2.75, 3.05) is 12.4 Å². The predicted molar refractivity (Wildman–Crippen MR) is 74.2 cm³/mol.